The summed E-state index contributed by atoms with van der Waals surface area (Å²) in [6, 6.07) is 0.474. The Hall–Kier alpha value is -1.03. The smallest absolute Gasteiger partial charge is 0.0827 e. The van der Waals surface area contributed by atoms with Crippen LogP contribution in [-0.4, -0.2) is 29.0 Å². The summed E-state index contributed by atoms with van der Waals surface area (Å²) in [5.41, 5.74) is 3.41. The van der Waals surface area contributed by atoms with Crippen LogP contribution in [0.2, 0.25) is 0 Å². The molecule has 13 heavy (non-hydrogen) atoms. The zero-order valence-electron chi connectivity index (χ0n) is 8.29. The number of hydrogen-bond acceptors (Lipinski definition) is 3. The predicted molar refractivity (Wildman–Crippen MR) is 50.9 cm³/mol. The zero-order chi connectivity index (χ0) is 9.42. The number of hydrogen-bond donors (Lipinski definition) is 1. The number of nitrogens with one attached hydrogen (secondary N) is 1. The number of nitrogens with zero attached hydrogens (tertiary/aromatic N) is 2. The number of aromatic nitrogens is 2. The van der Waals surface area contributed by atoms with Gasteiger partial charge in [-0.3, -0.25) is 4.68 Å². The van der Waals surface area contributed by atoms with Crippen molar-refractivity contribution in [2.75, 3.05) is 18.5 Å². The fourth-order valence-electron chi connectivity index (χ4n) is 1.51. The van der Waals surface area contributed by atoms with Crippen molar-refractivity contribution >= 4 is 5.69 Å². The SMILES string of the molecule is Cc1nn(C)c(C)c1NC1COC1. The van der Waals surface area contributed by atoms with Gasteiger partial charge in [0.15, 0.2) is 0 Å². The summed E-state index contributed by atoms with van der Waals surface area (Å²) in [6.07, 6.45) is 0. The van der Waals surface area contributed by atoms with Gasteiger partial charge >= 0.3 is 0 Å². The van der Waals surface area contributed by atoms with Crippen LogP contribution in [0.3, 0.4) is 0 Å². The summed E-state index contributed by atoms with van der Waals surface area (Å²) in [7, 11) is 1.96. The first-order chi connectivity index (χ1) is 6.18. The topological polar surface area (TPSA) is 39.1 Å². The van der Waals surface area contributed by atoms with Crippen molar-refractivity contribution in [3.05, 3.63) is 11.4 Å². The van der Waals surface area contributed by atoms with E-state index in [0.717, 1.165) is 24.6 Å². The van der Waals surface area contributed by atoms with E-state index >= 15 is 0 Å². The Morgan fingerprint density at radius 1 is 1.46 bits per heavy atom. The van der Waals surface area contributed by atoms with Gasteiger partial charge in [-0.1, -0.05) is 0 Å². The fraction of sp³-hybridized carbons (Fsp3) is 0.667. The van der Waals surface area contributed by atoms with E-state index in [4.69, 9.17) is 4.74 Å². The number of rotatable bonds is 2. The molecule has 1 fully saturated rings. The lowest BCUT2D eigenvalue weighted by Gasteiger charge is -2.27. The first-order valence-electron chi connectivity index (χ1n) is 4.53. The minimum Gasteiger partial charge on any atom is -0.377 e. The van der Waals surface area contributed by atoms with Crippen molar-refractivity contribution in [1.82, 2.24) is 9.78 Å². The van der Waals surface area contributed by atoms with Gasteiger partial charge in [0, 0.05) is 7.05 Å². The van der Waals surface area contributed by atoms with E-state index in [0.29, 0.717) is 6.04 Å². The molecule has 0 atom stereocenters. The Bertz CT molecular complexity index is 315. The van der Waals surface area contributed by atoms with E-state index in [1.807, 2.05) is 18.7 Å². The van der Waals surface area contributed by atoms with Crippen molar-refractivity contribution in [3.8, 4) is 0 Å². The van der Waals surface area contributed by atoms with Crippen LogP contribution < -0.4 is 5.32 Å². The third-order valence-electron chi connectivity index (χ3n) is 2.50. The molecule has 1 saturated heterocycles. The second-order valence-corrected chi connectivity index (χ2v) is 3.55. The van der Waals surface area contributed by atoms with Gasteiger partial charge in [0.1, 0.15) is 0 Å². The standard InChI is InChI=1S/C9H15N3O/c1-6-9(7(2)12(3)11-6)10-8-4-13-5-8/h8,10H,4-5H2,1-3H3. The average molecular weight is 181 g/mol. The van der Waals surface area contributed by atoms with Gasteiger partial charge in [0.05, 0.1) is 36.3 Å². The van der Waals surface area contributed by atoms with Crippen LogP contribution in [0.1, 0.15) is 11.4 Å². The highest BCUT2D eigenvalue weighted by atomic mass is 16.5. The first kappa shape index (κ1) is 8.56. The quantitative estimate of drug-likeness (QED) is 0.735. The third kappa shape index (κ3) is 1.42. The maximum absolute atomic E-state index is 5.10. The van der Waals surface area contributed by atoms with Crippen molar-refractivity contribution in [2.45, 2.75) is 19.9 Å². The molecule has 1 aliphatic heterocycles. The summed E-state index contributed by atoms with van der Waals surface area (Å²) in [6.45, 7) is 5.72. The highest BCUT2D eigenvalue weighted by Crippen LogP contribution is 2.20. The molecule has 0 saturated carbocycles. The molecule has 0 bridgehead atoms. The summed E-state index contributed by atoms with van der Waals surface area (Å²) >= 11 is 0. The number of aryl methyl sites for hydroxylation is 2. The predicted octanol–water partition coefficient (Wildman–Crippen LogP) is 0.848. The van der Waals surface area contributed by atoms with Crippen LogP contribution in [0, 0.1) is 13.8 Å². The van der Waals surface area contributed by atoms with Crippen LogP contribution >= 0.6 is 0 Å². The van der Waals surface area contributed by atoms with Gasteiger partial charge in [-0.15, -0.1) is 0 Å². The molecule has 1 aromatic heterocycles. The average Bonchev–Trinajstić information content (AvgIpc) is 2.21. The van der Waals surface area contributed by atoms with E-state index in [9.17, 15) is 0 Å². The summed E-state index contributed by atoms with van der Waals surface area (Å²) in [5, 5.41) is 7.76. The Kier molecular flexibility index (Phi) is 2.00. The van der Waals surface area contributed by atoms with Crippen molar-refractivity contribution in [2.24, 2.45) is 7.05 Å². The molecule has 2 rings (SSSR count). The van der Waals surface area contributed by atoms with E-state index in [-0.39, 0.29) is 0 Å². The van der Waals surface area contributed by atoms with Crippen LogP contribution in [0.4, 0.5) is 5.69 Å². The highest BCUT2D eigenvalue weighted by Gasteiger charge is 2.20. The largest absolute Gasteiger partial charge is 0.377 e. The van der Waals surface area contributed by atoms with E-state index in [1.54, 1.807) is 0 Å². The summed E-state index contributed by atoms with van der Waals surface area (Å²) in [4.78, 5) is 0. The van der Waals surface area contributed by atoms with Gasteiger partial charge in [-0.2, -0.15) is 5.10 Å². The van der Waals surface area contributed by atoms with E-state index in [2.05, 4.69) is 17.3 Å². The minimum absolute atomic E-state index is 0.474. The Morgan fingerprint density at radius 3 is 2.54 bits per heavy atom. The fourth-order valence-corrected chi connectivity index (χ4v) is 1.51. The lowest BCUT2D eigenvalue weighted by Crippen LogP contribution is -2.40. The van der Waals surface area contributed by atoms with Crippen LogP contribution in [0.25, 0.3) is 0 Å². The highest BCUT2D eigenvalue weighted by molar-refractivity contribution is 5.52. The number of anilines is 1. The normalized spacial score (nSPS) is 17.2. The maximum Gasteiger partial charge on any atom is 0.0827 e. The van der Waals surface area contributed by atoms with Gasteiger partial charge in [0.2, 0.25) is 0 Å². The molecular formula is C9H15N3O. The maximum atomic E-state index is 5.10. The molecule has 0 spiro atoms. The van der Waals surface area contributed by atoms with E-state index < -0.39 is 0 Å². The molecular weight excluding hydrogens is 166 g/mol. The molecule has 2 heterocycles. The van der Waals surface area contributed by atoms with E-state index in [1.165, 1.54) is 5.69 Å². The summed E-state index contributed by atoms with van der Waals surface area (Å²) < 4.78 is 7.00. The lowest BCUT2D eigenvalue weighted by atomic mass is 10.2. The van der Waals surface area contributed by atoms with Gasteiger partial charge in [0.25, 0.3) is 0 Å². The van der Waals surface area contributed by atoms with Crippen LogP contribution in [-0.2, 0) is 11.8 Å². The molecule has 4 nitrogen and oxygen atoms in total. The Morgan fingerprint density at radius 2 is 2.15 bits per heavy atom. The molecule has 0 unspecified atom stereocenters. The molecule has 4 heteroatoms. The van der Waals surface area contributed by atoms with Gasteiger partial charge < -0.3 is 10.1 Å². The minimum atomic E-state index is 0.474. The molecule has 0 radical (unpaired) electrons. The second kappa shape index (κ2) is 3.03. The monoisotopic (exact) mass is 181 g/mol. The number of ether oxygens (including phenoxy) is 1. The summed E-state index contributed by atoms with van der Waals surface area (Å²) in [5.74, 6) is 0. The zero-order valence-corrected chi connectivity index (χ0v) is 8.29. The van der Waals surface area contributed by atoms with Crippen molar-refractivity contribution in [3.63, 3.8) is 0 Å². The Balaban J connectivity index is 2.17. The van der Waals surface area contributed by atoms with Crippen molar-refractivity contribution in [1.29, 1.82) is 0 Å². The first-order valence-corrected chi connectivity index (χ1v) is 4.53. The molecule has 72 valence electrons. The molecule has 0 amide bonds. The van der Waals surface area contributed by atoms with Crippen molar-refractivity contribution < 1.29 is 4.74 Å². The molecule has 0 aliphatic carbocycles. The lowest BCUT2D eigenvalue weighted by molar-refractivity contribution is 0.0210. The molecule has 1 aliphatic rings. The van der Waals surface area contributed by atoms with Crippen LogP contribution in [0.5, 0.6) is 0 Å². The Labute approximate surface area is 77.9 Å². The van der Waals surface area contributed by atoms with Gasteiger partial charge in [-0.05, 0) is 13.8 Å². The molecule has 1 N–H and O–H groups in total. The van der Waals surface area contributed by atoms with Crippen LogP contribution in [0.15, 0.2) is 0 Å². The third-order valence-corrected chi connectivity index (χ3v) is 2.50. The second-order valence-electron chi connectivity index (χ2n) is 3.55. The molecule has 0 aromatic carbocycles. The van der Waals surface area contributed by atoms with Gasteiger partial charge in [-0.25, -0.2) is 0 Å². The molecule has 1 aromatic rings.